The number of nitrogens with one attached hydrogen (secondary N) is 1. The van der Waals surface area contributed by atoms with Gasteiger partial charge in [-0.05, 0) is 19.1 Å². The van der Waals surface area contributed by atoms with Crippen LogP contribution in [0.2, 0.25) is 0 Å². The van der Waals surface area contributed by atoms with Gasteiger partial charge in [0.2, 0.25) is 0 Å². The van der Waals surface area contributed by atoms with E-state index in [-0.39, 0.29) is 12.6 Å². The number of aromatic nitrogens is 4. The molecule has 0 saturated carbocycles. The van der Waals surface area contributed by atoms with E-state index in [0.29, 0.717) is 10.6 Å². The van der Waals surface area contributed by atoms with Crippen LogP contribution < -0.4 is 0 Å². The van der Waals surface area contributed by atoms with Gasteiger partial charge < -0.3 is 5.11 Å². The van der Waals surface area contributed by atoms with Crippen LogP contribution in [-0.4, -0.2) is 24.9 Å². The van der Waals surface area contributed by atoms with Gasteiger partial charge in [-0.15, -0.1) is 11.3 Å². The first-order valence-corrected chi connectivity index (χ1v) is 5.69. The molecule has 1 unspecified atom stereocenters. The molecule has 5 nitrogen and oxygen atoms in total. The molecule has 0 amide bonds. The zero-order chi connectivity index (χ0) is 10.8. The van der Waals surface area contributed by atoms with Crippen molar-refractivity contribution in [1.29, 1.82) is 0 Å². The van der Waals surface area contributed by atoms with Gasteiger partial charge in [0.15, 0.2) is 10.6 Å². The van der Waals surface area contributed by atoms with Gasteiger partial charge in [0.1, 0.15) is 11.6 Å². The monoisotopic (exact) mass is 242 g/mol. The lowest BCUT2D eigenvalue weighted by molar-refractivity contribution is 0.263. The summed E-state index contributed by atoms with van der Waals surface area (Å²) >= 11 is 6.66. The quantitative estimate of drug-likeness (QED) is 0.800. The third-order valence-electron chi connectivity index (χ3n) is 2.12. The average Bonchev–Trinajstić information content (AvgIpc) is 2.85. The Morgan fingerprint density at radius 3 is 3.13 bits per heavy atom. The smallest absolute Gasteiger partial charge is 0.195 e. The predicted octanol–water partition coefficient (Wildman–Crippen LogP) is 1.50. The van der Waals surface area contributed by atoms with Gasteiger partial charge in [0, 0.05) is 11.6 Å². The Morgan fingerprint density at radius 2 is 2.53 bits per heavy atom. The second kappa shape index (κ2) is 4.21. The summed E-state index contributed by atoms with van der Waals surface area (Å²) in [7, 11) is 0. The number of aromatic amines is 1. The lowest BCUT2D eigenvalue weighted by Gasteiger charge is -2.11. The minimum absolute atomic E-state index is 0.00148. The molecule has 15 heavy (non-hydrogen) atoms. The summed E-state index contributed by atoms with van der Waals surface area (Å²) in [5, 5.41) is 18.6. The molecule has 2 aromatic heterocycles. The second-order valence-electron chi connectivity index (χ2n) is 3.02. The maximum Gasteiger partial charge on any atom is 0.195 e. The highest BCUT2D eigenvalue weighted by atomic mass is 32.1. The standard InChI is InChI=1S/C8H10N4OS2/c1-5(7-9-2-3-15-7)12-6(4-13)10-11-8(12)14/h2-3,5,13H,4H2,1H3,(H,11,14). The Kier molecular flexibility index (Phi) is 2.94. The van der Waals surface area contributed by atoms with Crippen molar-refractivity contribution in [3.05, 3.63) is 27.2 Å². The van der Waals surface area contributed by atoms with Gasteiger partial charge in [-0.1, -0.05) is 0 Å². The van der Waals surface area contributed by atoms with E-state index in [9.17, 15) is 0 Å². The molecular formula is C8H10N4OS2. The molecular weight excluding hydrogens is 232 g/mol. The highest BCUT2D eigenvalue weighted by Crippen LogP contribution is 2.21. The van der Waals surface area contributed by atoms with Crippen LogP contribution in [0.3, 0.4) is 0 Å². The number of hydrogen-bond donors (Lipinski definition) is 2. The first-order valence-electron chi connectivity index (χ1n) is 4.40. The number of aliphatic hydroxyl groups is 1. The molecule has 0 aliphatic heterocycles. The van der Waals surface area contributed by atoms with Crippen molar-refractivity contribution in [3.63, 3.8) is 0 Å². The van der Waals surface area contributed by atoms with E-state index in [4.69, 9.17) is 17.3 Å². The van der Waals surface area contributed by atoms with E-state index in [1.54, 1.807) is 22.1 Å². The lowest BCUT2D eigenvalue weighted by atomic mass is 10.3. The summed E-state index contributed by atoms with van der Waals surface area (Å²) in [5.41, 5.74) is 0. The van der Waals surface area contributed by atoms with Gasteiger partial charge >= 0.3 is 0 Å². The Morgan fingerprint density at radius 1 is 1.73 bits per heavy atom. The Hall–Kier alpha value is -1.05. The van der Waals surface area contributed by atoms with E-state index in [0.717, 1.165) is 5.01 Å². The van der Waals surface area contributed by atoms with E-state index in [1.807, 2.05) is 12.3 Å². The number of hydrogen-bond acceptors (Lipinski definition) is 5. The fourth-order valence-corrected chi connectivity index (χ4v) is 2.39. The van der Waals surface area contributed by atoms with Gasteiger partial charge in [0.05, 0.1) is 6.04 Å². The van der Waals surface area contributed by atoms with Gasteiger partial charge in [0.25, 0.3) is 0 Å². The molecule has 0 radical (unpaired) electrons. The van der Waals surface area contributed by atoms with E-state index < -0.39 is 0 Å². The van der Waals surface area contributed by atoms with Gasteiger partial charge in [-0.25, -0.2) is 4.98 Å². The fourth-order valence-electron chi connectivity index (χ4n) is 1.40. The minimum Gasteiger partial charge on any atom is -0.388 e. The molecule has 7 heteroatoms. The molecule has 2 rings (SSSR count). The maximum atomic E-state index is 9.11. The third kappa shape index (κ3) is 1.85. The molecule has 80 valence electrons. The van der Waals surface area contributed by atoms with Crippen molar-refractivity contribution < 1.29 is 5.11 Å². The Labute approximate surface area is 95.4 Å². The minimum atomic E-state index is -0.136. The molecule has 0 bridgehead atoms. The largest absolute Gasteiger partial charge is 0.388 e. The van der Waals surface area contributed by atoms with E-state index in [2.05, 4.69) is 15.2 Å². The van der Waals surface area contributed by atoms with E-state index >= 15 is 0 Å². The topological polar surface area (TPSA) is 66.7 Å². The summed E-state index contributed by atoms with van der Waals surface area (Å²) in [6, 6.07) is -0.00148. The molecule has 0 aliphatic rings. The van der Waals surface area contributed by atoms with Gasteiger partial charge in [-0.2, -0.15) is 5.10 Å². The van der Waals surface area contributed by atoms with Crippen LogP contribution in [0.5, 0.6) is 0 Å². The van der Waals surface area contributed by atoms with Crippen molar-refractivity contribution in [1.82, 2.24) is 19.7 Å². The highest BCUT2D eigenvalue weighted by molar-refractivity contribution is 7.71. The third-order valence-corrected chi connectivity index (χ3v) is 3.35. The average molecular weight is 242 g/mol. The number of nitrogens with zero attached hydrogens (tertiary/aromatic N) is 3. The number of H-pyrrole nitrogens is 1. The second-order valence-corrected chi connectivity index (χ2v) is 4.33. The van der Waals surface area contributed by atoms with Crippen LogP contribution in [0.25, 0.3) is 0 Å². The zero-order valence-corrected chi connectivity index (χ0v) is 9.68. The maximum absolute atomic E-state index is 9.11. The molecule has 2 heterocycles. The SMILES string of the molecule is CC(c1nccs1)n1c(CO)n[nH]c1=S. The summed E-state index contributed by atoms with van der Waals surface area (Å²) in [6.45, 7) is 1.84. The normalized spacial score (nSPS) is 12.9. The Balaban J connectivity index is 2.45. The predicted molar refractivity (Wildman–Crippen MR) is 59.3 cm³/mol. The summed E-state index contributed by atoms with van der Waals surface area (Å²) in [6.07, 6.45) is 1.75. The van der Waals surface area contributed by atoms with Gasteiger partial charge in [-0.3, -0.25) is 9.67 Å². The molecule has 1 atom stereocenters. The zero-order valence-electron chi connectivity index (χ0n) is 8.04. The highest BCUT2D eigenvalue weighted by Gasteiger charge is 2.15. The van der Waals surface area contributed by atoms with Crippen molar-refractivity contribution in [2.45, 2.75) is 19.6 Å². The summed E-state index contributed by atoms with van der Waals surface area (Å²) in [5.74, 6) is 0.530. The molecule has 0 fully saturated rings. The number of rotatable bonds is 3. The van der Waals surface area contributed by atoms with Crippen LogP contribution in [0.4, 0.5) is 0 Å². The van der Waals surface area contributed by atoms with Crippen molar-refractivity contribution >= 4 is 23.6 Å². The molecule has 2 N–H and O–H groups in total. The van der Waals surface area contributed by atoms with E-state index in [1.165, 1.54) is 0 Å². The van der Waals surface area contributed by atoms with Crippen LogP contribution in [0, 0.1) is 4.77 Å². The Bertz CT molecular complexity index is 487. The van der Waals surface area contributed by atoms with Crippen LogP contribution in [0.15, 0.2) is 11.6 Å². The first kappa shape index (κ1) is 10.5. The summed E-state index contributed by atoms with van der Waals surface area (Å²) in [4.78, 5) is 4.22. The summed E-state index contributed by atoms with van der Waals surface area (Å²) < 4.78 is 2.27. The van der Waals surface area contributed by atoms with Crippen LogP contribution in [-0.2, 0) is 6.61 Å². The number of thiazole rings is 1. The van der Waals surface area contributed by atoms with Crippen LogP contribution in [0.1, 0.15) is 23.8 Å². The van der Waals surface area contributed by atoms with Crippen molar-refractivity contribution in [2.75, 3.05) is 0 Å². The first-order chi connectivity index (χ1) is 7.24. The molecule has 0 aromatic carbocycles. The lowest BCUT2D eigenvalue weighted by Crippen LogP contribution is -2.10. The molecule has 0 saturated heterocycles. The molecule has 2 aromatic rings. The van der Waals surface area contributed by atoms with Crippen LogP contribution >= 0.6 is 23.6 Å². The molecule has 0 spiro atoms. The number of aliphatic hydroxyl groups excluding tert-OH is 1. The van der Waals surface area contributed by atoms with Crippen molar-refractivity contribution in [2.24, 2.45) is 0 Å². The fraction of sp³-hybridized carbons (Fsp3) is 0.375. The van der Waals surface area contributed by atoms with Crippen molar-refractivity contribution in [3.8, 4) is 0 Å². The molecule has 0 aliphatic carbocycles.